The van der Waals surface area contributed by atoms with Crippen LogP contribution in [0, 0.1) is 5.82 Å². The molecule has 1 N–H and O–H groups in total. The molecule has 0 bridgehead atoms. The first-order valence-corrected chi connectivity index (χ1v) is 7.71. The summed E-state index contributed by atoms with van der Waals surface area (Å²) < 4.78 is 44.4. The lowest BCUT2D eigenvalue weighted by molar-refractivity contribution is -0.137. The van der Waals surface area contributed by atoms with Gasteiger partial charge in [0.25, 0.3) is 0 Å². The van der Waals surface area contributed by atoms with Gasteiger partial charge in [0.1, 0.15) is 0 Å². The Morgan fingerprint density at radius 1 is 1.43 bits per heavy atom. The smallest absolute Gasteiger partial charge is 0.304 e. The molecule has 0 aliphatic carbocycles. The average molecular weight is 319 g/mol. The lowest BCUT2D eigenvalue weighted by Gasteiger charge is -2.25. The van der Waals surface area contributed by atoms with Crippen molar-refractivity contribution in [2.75, 3.05) is 13.7 Å². The third-order valence-electron chi connectivity index (χ3n) is 2.85. The van der Waals surface area contributed by atoms with E-state index in [2.05, 4.69) is 0 Å². The molecule has 0 aromatic heterocycles. The van der Waals surface area contributed by atoms with Gasteiger partial charge in [-0.25, -0.2) is 12.8 Å². The largest absolute Gasteiger partial charge is 0.494 e. The van der Waals surface area contributed by atoms with Crippen molar-refractivity contribution in [2.24, 2.45) is 0 Å². The molecule has 0 saturated carbocycles. The molecule has 6 nitrogen and oxygen atoms in total. The number of ether oxygens (including phenoxy) is 1. The Balaban J connectivity index is 3.16. The van der Waals surface area contributed by atoms with Crippen molar-refractivity contribution >= 4 is 16.0 Å². The average Bonchev–Trinajstić information content (AvgIpc) is 2.37. The van der Waals surface area contributed by atoms with Gasteiger partial charge in [0.05, 0.1) is 18.4 Å². The van der Waals surface area contributed by atoms with Crippen LogP contribution in [-0.2, 0) is 14.8 Å². The minimum atomic E-state index is -3.97. The van der Waals surface area contributed by atoms with Crippen molar-refractivity contribution in [3.63, 3.8) is 0 Å². The van der Waals surface area contributed by atoms with Gasteiger partial charge in [-0.2, -0.15) is 4.31 Å². The Morgan fingerprint density at radius 3 is 2.48 bits per heavy atom. The van der Waals surface area contributed by atoms with Gasteiger partial charge in [0.2, 0.25) is 10.0 Å². The standard InChI is InChI=1S/C13H18FNO5S/c1-9(2)15(7-6-13(16)17)21(18,19)10-4-5-12(20-3)11(14)8-10/h4-5,8-9H,6-7H2,1-3H3,(H,16,17). The van der Waals surface area contributed by atoms with E-state index in [1.54, 1.807) is 13.8 Å². The van der Waals surface area contributed by atoms with Crippen LogP contribution in [0.5, 0.6) is 5.75 Å². The van der Waals surface area contributed by atoms with Crippen LogP contribution < -0.4 is 4.74 Å². The molecule has 0 radical (unpaired) electrons. The molecule has 8 heteroatoms. The fraction of sp³-hybridized carbons (Fsp3) is 0.462. The summed E-state index contributed by atoms with van der Waals surface area (Å²) in [4.78, 5) is 10.4. The van der Waals surface area contributed by atoms with Gasteiger partial charge in [-0.1, -0.05) is 0 Å². The predicted molar refractivity (Wildman–Crippen MR) is 74.2 cm³/mol. The van der Waals surface area contributed by atoms with Gasteiger partial charge in [-0.05, 0) is 32.0 Å². The quantitative estimate of drug-likeness (QED) is 0.827. The molecule has 1 aromatic carbocycles. The highest BCUT2D eigenvalue weighted by Gasteiger charge is 2.28. The van der Waals surface area contributed by atoms with Crippen LogP contribution in [0.25, 0.3) is 0 Å². The Hall–Kier alpha value is -1.67. The zero-order valence-electron chi connectivity index (χ0n) is 12.0. The number of halogens is 1. The van der Waals surface area contributed by atoms with Gasteiger partial charge < -0.3 is 9.84 Å². The second-order valence-corrected chi connectivity index (χ2v) is 6.54. The number of benzene rings is 1. The SMILES string of the molecule is COc1ccc(S(=O)(=O)N(CCC(=O)O)C(C)C)cc1F. The van der Waals surface area contributed by atoms with Gasteiger partial charge in [0.15, 0.2) is 11.6 Å². The van der Waals surface area contributed by atoms with Crippen LogP contribution in [0.3, 0.4) is 0 Å². The summed E-state index contributed by atoms with van der Waals surface area (Å²) >= 11 is 0. The molecule has 0 amide bonds. The van der Waals surface area contributed by atoms with Crippen LogP contribution in [-0.4, -0.2) is 43.5 Å². The Kier molecular flexibility index (Phi) is 5.68. The van der Waals surface area contributed by atoms with E-state index in [4.69, 9.17) is 9.84 Å². The van der Waals surface area contributed by atoms with E-state index in [0.29, 0.717) is 0 Å². The van der Waals surface area contributed by atoms with Crippen molar-refractivity contribution in [1.82, 2.24) is 4.31 Å². The fourth-order valence-electron chi connectivity index (χ4n) is 1.80. The van der Waals surface area contributed by atoms with E-state index in [1.165, 1.54) is 19.2 Å². The normalized spacial score (nSPS) is 11.9. The minimum absolute atomic E-state index is 0.0596. The van der Waals surface area contributed by atoms with Crippen LogP contribution >= 0.6 is 0 Å². The highest BCUT2D eigenvalue weighted by Crippen LogP contribution is 2.24. The predicted octanol–water partition coefficient (Wildman–Crippen LogP) is 1.71. The topological polar surface area (TPSA) is 83.9 Å². The van der Waals surface area contributed by atoms with E-state index >= 15 is 0 Å². The van der Waals surface area contributed by atoms with E-state index in [9.17, 15) is 17.6 Å². The van der Waals surface area contributed by atoms with Gasteiger partial charge in [0, 0.05) is 12.6 Å². The summed E-state index contributed by atoms with van der Waals surface area (Å²) in [5.41, 5.74) is 0. The molecule has 21 heavy (non-hydrogen) atoms. The molecule has 0 fully saturated rings. The van der Waals surface area contributed by atoms with E-state index in [1.807, 2.05) is 0 Å². The number of methoxy groups -OCH3 is 1. The van der Waals surface area contributed by atoms with Crippen LogP contribution in [0.1, 0.15) is 20.3 Å². The lowest BCUT2D eigenvalue weighted by Crippen LogP contribution is -2.38. The first-order chi connectivity index (χ1) is 9.70. The number of hydrogen-bond acceptors (Lipinski definition) is 4. The Labute approximate surface area is 123 Å². The number of carboxylic acids is 1. The van der Waals surface area contributed by atoms with Crippen LogP contribution in [0.4, 0.5) is 4.39 Å². The first kappa shape index (κ1) is 17.4. The maximum absolute atomic E-state index is 13.7. The maximum atomic E-state index is 13.7. The zero-order valence-corrected chi connectivity index (χ0v) is 12.9. The summed E-state index contributed by atoms with van der Waals surface area (Å²) in [6, 6.07) is 2.87. The Morgan fingerprint density at radius 2 is 2.05 bits per heavy atom. The molecule has 118 valence electrons. The van der Waals surface area contributed by atoms with Crippen molar-refractivity contribution < 1.29 is 27.4 Å². The van der Waals surface area contributed by atoms with Crippen LogP contribution in [0.2, 0.25) is 0 Å². The summed E-state index contributed by atoms with van der Waals surface area (Å²) in [7, 11) is -2.69. The molecule has 0 atom stereocenters. The second kappa shape index (κ2) is 6.86. The molecular formula is C13H18FNO5S. The zero-order chi connectivity index (χ0) is 16.2. The fourth-order valence-corrected chi connectivity index (χ4v) is 3.45. The molecule has 0 saturated heterocycles. The summed E-state index contributed by atoms with van der Waals surface area (Å²) in [5.74, 6) is -1.95. The number of rotatable bonds is 7. The first-order valence-electron chi connectivity index (χ1n) is 6.27. The van der Waals surface area contributed by atoms with Crippen molar-refractivity contribution in [3.8, 4) is 5.75 Å². The minimum Gasteiger partial charge on any atom is -0.494 e. The number of nitrogens with zero attached hydrogens (tertiary/aromatic N) is 1. The molecule has 1 aromatic rings. The maximum Gasteiger partial charge on any atom is 0.304 e. The number of sulfonamides is 1. The molecule has 0 spiro atoms. The lowest BCUT2D eigenvalue weighted by atomic mass is 10.3. The van der Waals surface area contributed by atoms with E-state index in [-0.39, 0.29) is 23.6 Å². The second-order valence-electron chi connectivity index (χ2n) is 4.65. The van der Waals surface area contributed by atoms with E-state index in [0.717, 1.165) is 10.4 Å². The van der Waals surface area contributed by atoms with Crippen molar-refractivity contribution in [3.05, 3.63) is 24.0 Å². The number of carboxylic acid groups (broad SMARTS) is 1. The third-order valence-corrected chi connectivity index (χ3v) is 4.92. The summed E-state index contributed by atoms with van der Waals surface area (Å²) in [6.07, 6.45) is -0.323. The number of hydrogen-bond donors (Lipinski definition) is 1. The number of carbonyl (C=O) groups is 1. The highest BCUT2D eigenvalue weighted by molar-refractivity contribution is 7.89. The summed E-state index contributed by atoms with van der Waals surface area (Å²) in [6.45, 7) is 3.07. The molecule has 0 unspecified atom stereocenters. The van der Waals surface area contributed by atoms with Crippen molar-refractivity contribution in [2.45, 2.75) is 31.2 Å². The van der Waals surface area contributed by atoms with Gasteiger partial charge in [-0.3, -0.25) is 4.79 Å². The number of aliphatic carboxylic acids is 1. The van der Waals surface area contributed by atoms with Gasteiger partial charge in [-0.15, -0.1) is 0 Å². The summed E-state index contributed by atoms with van der Waals surface area (Å²) in [5, 5.41) is 8.69. The molecule has 0 aliphatic rings. The molecular weight excluding hydrogens is 301 g/mol. The monoisotopic (exact) mass is 319 g/mol. The third kappa shape index (κ3) is 4.15. The highest BCUT2D eigenvalue weighted by atomic mass is 32.2. The molecule has 0 heterocycles. The van der Waals surface area contributed by atoms with Crippen molar-refractivity contribution in [1.29, 1.82) is 0 Å². The Bertz CT molecular complexity index is 615. The molecule has 1 rings (SSSR count). The van der Waals surface area contributed by atoms with E-state index < -0.39 is 27.9 Å². The molecule has 0 aliphatic heterocycles. The van der Waals surface area contributed by atoms with Gasteiger partial charge >= 0.3 is 5.97 Å². The van der Waals surface area contributed by atoms with Crippen LogP contribution in [0.15, 0.2) is 23.1 Å².